The summed E-state index contributed by atoms with van der Waals surface area (Å²) in [5, 5.41) is 5.57. The highest BCUT2D eigenvalue weighted by Gasteiger charge is 2.14. The van der Waals surface area contributed by atoms with Crippen molar-refractivity contribution in [3.8, 4) is 0 Å². The number of nitrogens with zero attached hydrogens (tertiary/aromatic N) is 2. The standard InChI is InChI=1S/C22H28N4O2/c1-17-3-5-18(6-4-17)16-23-21(27)15-22(28)24-19-7-9-20(10-8-19)26-13-11-25(2)12-14-26/h3-10H,11-16H2,1-2H3,(H,23,27)(H,24,28). The van der Waals surface area contributed by atoms with E-state index in [0.29, 0.717) is 12.2 Å². The number of anilines is 2. The number of nitrogens with one attached hydrogen (secondary N) is 2. The zero-order valence-corrected chi connectivity index (χ0v) is 16.6. The second kappa shape index (κ2) is 9.37. The number of amides is 2. The first-order valence-corrected chi connectivity index (χ1v) is 9.65. The lowest BCUT2D eigenvalue weighted by Crippen LogP contribution is -2.44. The molecule has 2 amide bonds. The van der Waals surface area contributed by atoms with Crippen molar-refractivity contribution in [3.05, 3.63) is 59.7 Å². The van der Waals surface area contributed by atoms with Gasteiger partial charge in [0.2, 0.25) is 11.8 Å². The summed E-state index contributed by atoms with van der Waals surface area (Å²) in [6.45, 7) is 6.55. The summed E-state index contributed by atoms with van der Waals surface area (Å²) in [7, 11) is 2.13. The summed E-state index contributed by atoms with van der Waals surface area (Å²) in [6, 6.07) is 15.7. The van der Waals surface area contributed by atoms with E-state index in [2.05, 4.69) is 27.5 Å². The number of rotatable bonds is 6. The SMILES string of the molecule is Cc1ccc(CNC(=O)CC(=O)Nc2ccc(N3CCN(C)CC3)cc2)cc1. The molecule has 0 radical (unpaired) electrons. The number of benzene rings is 2. The molecule has 6 heteroatoms. The van der Waals surface area contributed by atoms with Crippen molar-refractivity contribution in [3.63, 3.8) is 0 Å². The predicted molar refractivity (Wildman–Crippen MR) is 112 cm³/mol. The molecule has 1 heterocycles. The number of aryl methyl sites for hydroxylation is 1. The Kier molecular flexibility index (Phi) is 6.66. The van der Waals surface area contributed by atoms with Crippen molar-refractivity contribution < 1.29 is 9.59 Å². The van der Waals surface area contributed by atoms with Gasteiger partial charge in [0.05, 0.1) is 0 Å². The maximum atomic E-state index is 12.1. The van der Waals surface area contributed by atoms with Gasteiger partial charge in [-0.1, -0.05) is 29.8 Å². The molecule has 28 heavy (non-hydrogen) atoms. The Morgan fingerprint density at radius 3 is 2.18 bits per heavy atom. The minimum absolute atomic E-state index is 0.188. The van der Waals surface area contributed by atoms with Gasteiger partial charge in [0.15, 0.2) is 0 Å². The van der Waals surface area contributed by atoms with Crippen molar-refractivity contribution in [2.75, 3.05) is 43.4 Å². The van der Waals surface area contributed by atoms with Gasteiger partial charge < -0.3 is 20.4 Å². The number of likely N-dealkylation sites (N-methyl/N-ethyl adjacent to an activating group) is 1. The molecule has 0 saturated carbocycles. The molecule has 1 aliphatic rings. The molecule has 1 aliphatic heterocycles. The normalized spacial score (nSPS) is 14.6. The van der Waals surface area contributed by atoms with Crippen LogP contribution in [-0.4, -0.2) is 49.9 Å². The Balaban J connectivity index is 1.43. The van der Waals surface area contributed by atoms with Gasteiger partial charge >= 0.3 is 0 Å². The van der Waals surface area contributed by atoms with Crippen LogP contribution >= 0.6 is 0 Å². The van der Waals surface area contributed by atoms with Crippen LogP contribution in [0.15, 0.2) is 48.5 Å². The van der Waals surface area contributed by atoms with Crippen LogP contribution in [0.4, 0.5) is 11.4 Å². The van der Waals surface area contributed by atoms with Crippen LogP contribution in [0.3, 0.4) is 0 Å². The molecule has 2 aromatic rings. The van der Waals surface area contributed by atoms with Gasteiger partial charge in [-0.3, -0.25) is 9.59 Å². The highest BCUT2D eigenvalue weighted by Crippen LogP contribution is 2.19. The molecule has 0 aliphatic carbocycles. The summed E-state index contributed by atoms with van der Waals surface area (Å²) in [5.74, 6) is -0.596. The average Bonchev–Trinajstić information content (AvgIpc) is 2.69. The Hall–Kier alpha value is -2.86. The minimum Gasteiger partial charge on any atom is -0.369 e. The van der Waals surface area contributed by atoms with Gasteiger partial charge in [0.1, 0.15) is 6.42 Å². The minimum atomic E-state index is -0.311. The molecule has 2 aromatic carbocycles. The smallest absolute Gasteiger partial charge is 0.233 e. The van der Waals surface area contributed by atoms with Gasteiger partial charge in [0.25, 0.3) is 0 Å². The first kappa shape index (κ1) is 19.9. The van der Waals surface area contributed by atoms with Gasteiger partial charge in [-0.15, -0.1) is 0 Å². The van der Waals surface area contributed by atoms with Crippen molar-refractivity contribution >= 4 is 23.2 Å². The number of hydrogen-bond donors (Lipinski definition) is 2. The molecular weight excluding hydrogens is 352 g/mol. The largest absolute Gasteiger partial charge is 0.369 e. The molecule has 1 saturated heterocycles. The zero-order chi connectivity index (χ0) is 19.9. The average molecular weight is 380 g/mol. The fraction of sp³-hybridized carbons (Fsp3) is 0.364. The van der Waals surface area contributed by atoms with E-state index in [-0.39, 0.29) is 18.2 Å². The monoisotopic (exact) mass is 380 g/mol. The van der Waals surface area contributed by atoms with E-state index in [0.717, 1.165) is 37.4 Å². The lowest BCUT2D eigenvalue weighted by molar-refractivity contribution is -0.126. The van der Waals surface area contributed by atoms with Gasteiger partial charge in [-0.2, -0.15) is 0 Å². The Labute approximate surface area is 166 Å². The quantitative estimate of drug-likeness (QED) is 0.756. The van der Waals surface area contributed by atoms with Gasteiger partial charge in [0, 0.05) is 44.1 Å². The molecule has 0 bridgehead atoms. The molecule has 6 nitrogen and oxygen atoms in total. The molecule has 148 valence electrons. The summed E-state index contributed by atoms with van der Waals surface area (Å²) in [5.41, 5.74) is 4.04. The number of carbonyl (C=O) groups is 2. The molecule has 0 aromatic heterocycles. The van der Waals surface area contributed by atoms with Crippen LogP contribution in [-0.2, 0) is 16.1 Å². The van der Waals surface area contributed by atoms with Crippen LogP contribution < -0.4 is 15.5 Å². The maximum Gasteiger partial charge on any atom is 0.233 e. The van der Waals surface area contributed by atoms with Gasteiger partial charge in [-0.05, 0) is 43.8 Å². The number of carbonyl (C=O) groups excluding carboxylic acids is 2. The van der Waals surface area contributed by atoms with E-state index < -0.39 is 0 Å². The Morgan fingerprint density at radius 1 is 0.893 bits per heavy atom. The maximum absolute atomic E-state index is 12.1. The van der Waals surface area contributed by atoms with E-state index in [1.54, 1.807) is 0 Å². The first-order chi connectivity index (χ1) is 13.5. The third-order valence-corrected chi connectivity index (χ3v) is 4.95. The first-order valence-electron chi connectivity index (χ1n) is 9.65. The summed E-state index contributed by atoms with van der Waals surface area (Å²) >= 11 is 0. The molecule has 0 unspecified atom stereocenters. The lowest BCUT2D eigenvalue weighted by Gasteiger charge is -2.34. The van der Waals surface area contributed by atoms with Crippen molar-refractivity contribution in [1.82, 2.24) is 10.2 Å². The summed E-state index contributed by atoms with van der Waals surface area (Å²) in [4.78, 5) is 28.8. The van der Waals surface area contributed by atoms with E-state index >= 15 is 0 Å². The predicted octanol–water partition coefficient (Wildman–Crippen LogP) is 2.39. The van der Waals surface area contributed by atoms with Crippen molar-refractivity contribution in [2.24, 2.45) is 0 Å². The molecular formula is C22H28N4O2. The topological polar surface area (TPSA) is 64.7 Å². The zero-order valence-electron chi connectivity index (χ0n) is 16.6. The molecule has 0 spiro atoms. The number of piperazine rings is 1. The van der Waals surface area contributed by atoms with Crippen LogP contribution in [0.25, 0.3) is 0 Å². The van der Waals surface area contributed by atoms with E-state index in [1.807, 2.05) is 55.5 Å². The van der Waals surface area contributed by atoms with Crippen LogP contribution in [0.1, 0.15) is 17.5 Å². The van der Waals surface area contributed by atoms with Crippen molar-refractivity contribution in [1.29, 1.82) is 0 Å². The third-order valence-electron chi connectivity index (χ3n) is 4.95. The fourth-order valence-electron chi connectivity index (χ4n) is 3.14. The highest BCUT2D eigenvalue weighted by atomic mass is 16.2. The Morgan fingerprint density at radius 2 is 1.54 bits per heavy atom. The molecule has 3 rings (SSSR count). The van der Waals surface area contributed by atoms with Crippen LogP contribution in [0.2, 0.25) is 0 Å². The number of hydrogen-bond acceptors (Lipinski definition) is 4. The molecule has 0 atom stereocenters. The van der Waals surface area contributed by atoms with Crippen LogP contribution in [0.5, 0.6) is 0 Å². The summed E-state index contributed by atoms with van der Waals surface area (Å²) < 4.78 is 0. The third kappa shape index (κ3) is 5.82. The van der Waals surface area contributed by atoms with E-state index in [9.17, 15) is 9.59 Å². The highest BCUT2D eigenvalue weighted by molar-refractivity contribution is 6.03. The van der Waals surface area contributed by atoms with E-state index in [1.165, 1.54) is 5.56 Å². The van der Waals surface area contributed by atoms with Gasteiger partial charge in [-0.25, -0.2) is 0 Å². The second-order valence-corrected chi connectivity index (χ2v) is 7.32. The van der Waals surface area contributed by atoms with E-state index in [4.69, 9.17) is 0 Å². The van der Waals surface area contributed by atoms with Crippen molar-refractivity contribution in [2.45, 2.75) is 19.9 Å². The molecule has 2 N–H and O–H groups in total. The lowest BCUT2D eigenvalue weighted by atomic mass is 10.1. The second-order valence-electron chi connectivity index (χ2n) is 7.32. The fourth-order valence-corrected chi connectivity index (χ4v) is 3.14. The van der Waals surface area contributed by atoms with Crippen LogP contribution in [0, 0.1) is 6.92 Å². The Bertz CT molecular complexity index is 794. The summed E-state index contributed by atoms with van der Waals surface area (Å²) in [6.07, 6.45) is -0.188. The molecule has 1 fully saturated rings.